The molecule has 0 unspecified atom stereocenters. The molecule has 1 aromatic heterocycles. The Labute approximate surface area is 93.9 Å². The summed E-state index contributed by atoms with van der Waals surface area (Å²) >= 11 is 0. The van der Waals surface area contributed by atoms with E-state index in [1.54, 1.807) is 0 Å². The van der Waals surface area contributed by atoms with Gasteiger partial charge < -0.3 is 10.4 Å². The van der Waals surface area contributed by atoms with Gasteiger partial charge in [0, 0.05) is 17.8 Å². The Balaban J connectivity index is 1.94. The van der Waals surface area contributed by atoms with Crippen LogP contribution in [-0.2, 0) is 4.79 Å². The number of aryl methyl sites for hydroxylation is 2. The van der Waals surface area contributed by atoms with E-state index in [1.807, 2.05) is 19.9 Å². The smallest absolute Gasteiger partial charge is 0.306 e. The molecule has 0 aliphatic heterocycles. The highest BCUT2D eigenvalue weighted by Crippen LogP contribution is 2.29. The summed E-state index contributed by atoms with van der Waals surface area (Å²) in [5.74, 6) is 0.630. The first-order chi connectivity index (χ1) is 7.54. The second-order valence-corrected chi connectivity index (χ2v) is 4.29. The number of hydrogen-bond acceptors (Lipinski definition) is 4. The number of aliphatic carboxylic acids is 1. The minimum absolute atomic E-state index is 0.193. The number of nitrogens with zero attached hydrogens (tertiary/aromatic N) is 2. The van der Waals surface area contributed by atoms with Gasteiger partial charge in [0.1, 0.15) is 11.6 Å². The van der Waals surface area contributed by atoms with Crippen LogP contribution in [0.25, 0.3) is 0 Å². The van der Waals surface area contributed by atoms with E-state index < -0.39 is 5.97 Å². The van der Waals surface area contributed by atoms with E-state index in [9.17, 15) is 4.79 Å². The number of aromatic nitrogens is 2. The van der Waals surface area contributed by atoms with Crippen molar-refractivity contribution in [3.8, 4) is 0 Å². The van der Waals surface area contributed by atoms with Crippen LogP contribution in [0.15, 0.2) is 6.07 Å². The van der Waals surface area contributed by atoms with Crippen LogP contribution in [0.2, 0.25) is 0 Å². The number of nitrogens with one attached hydrogen (secondary N) is 1. The molecule has 2 rings (SSSR count). The predicted octanol–water partition coefficient (Wildman–Crippen LogP) is 1.37. The number of hydrogen-bond donors (Lipinski definition) is 2. The quantitative estimate of drug-likeness (QED) is 0.806. The molecule has 1 aromatic rings. The molecule has 0 bridgehead atoms. The van der Waals surface area contributed by atoms with Crippen molar-refractivity contribution in [3.63, 3.8) is 0 Å². The molecule has 0 atom stereocenters. The first kappa shape index (κ1) is 10.9. The van der Waals surface area contributed by atoms with E-state index in [1.165, 1.54) is 0 Å². The van der Waals surface area contributed by atoms with Crippen LogP contribution in [0, 0.1) is 19.8 Å². The van der Waals surface area contributed by atoms with E-state index in [0.29, 0.717) is 12.8 Å². The topological polar surface area (TPSA) is 75.1 Å². The van der Waals surface area contributed by atoms with Crippen molar-refractivity contribution < 1.29 is 9.90 Å². The number of carboxylic acids is 1. The van der Waals surface area contributed by atoms with E-state index in [2.05, 4.69) is 15.3 Å². The average molecular weight is 221 g/mol. The molecule has 1 heterocycles. The van der Waals surface area contributed by atoms with Crippen LogP contribution >= 0.6 is 0 Å². The molecule has 5 nitrogen and oxygen atoms in total. The Bertz CT molecular complexity index is 393. The maximum atomic E-state index is 10.6. The molecule has 0 amide bonds. The van der Waals surface area contributed by atoms with Gasteiger partial charge in [0.25, 0.3) is 0 Å². The zero-order chi connectivity index (χ0) is 11.7. The largest absolute Gasteiger partial charge is 0.481 e. The van der Waals surface area contributed by atoms with Crippen molar-refractivity contribution in [1.82, 2.24) is 9.97 Å². The summed E-state index contributed by atoms with van der Waals surface area (Å²) in [6.07, 6.45) is 1.36. The molecule has 1 saturated carbocycles. The van der Waals surface area contributed by atoms with Gasteiger partial charge in [-0.15, -0.1) is 0 Å². The monoisotopic (exact) mass is 221 g/mol. The summed E-state index contributed by atoms with van der Waals surface area (Å²) in [7, 11) is 0. The SMILES string of the molecule is Cc1cc(NC2CC(C(=O)O)C2)nc(C)n1. The lowest BCUT2D eigenvalue weighted by Crippen LogP contribution is -2.39. The summed E-state index contributed by atoms with van der Waals surface area (Å²) < 4.78 is 0. The zero-order valence-electron chi connectivity index (χ0n) is 9.40. The second kappa shape index (κ2) is 4.08. The Morgan fingerprint density at radius 3 is 2.69 bits per heavy atom. The molecular weight excluding hydrogens is 206 g/mol. The number of carboxylic acid groups (broad SMARTS) is 1. The van der Waals surface area contributed by atoms with Gasteiger partial charge in [0.15, 0.2) is 0 Å². The molecule has 16 heavy (non-hydrogen) atoms. The first-order valence-corrected chi connectivity index (χ1v) is 5.36. The fourth-order valence-corrected chi connectivity index (χ4v) is 1.94. The molecule has 0 aromatic carbocycles. The number of anilines is 1. The summed E-state index contributed by atoms with van der Waals surface area (Å²) in [6.45, 7) is 3.76. The Kier molecular flexibility index (Phi) is 2.77. The zero-order valence-corrected chi connectivity index (χ0v) is 9.40. The van der Waals surface area contributed by atoms with Gasteiger partial charge in [-0.05, 0) is 26.7 Å². The molecule has 0 spiro atoms. The molecule has 1 fully saturated rings. The Hall–Kier alpha value is -1.65. The lowest BCUT2D eigenvalue weighted by atomic mass is 9.80. The summed E-state index contributed by atoms with van der Waals surface area (Å²) in [5, 5.41) is 12.0. The highest BCUT2D eigenvalue weighted by Gasteiger charge is 2.34. The van der Waals surface area contributed by atoms with E-state index in [4.69, 9.17) is 5.11 Å². The van der Waals surface area contributed by atoms with Gasteiger partial charge in [0.2, 0.25) is 0 Å². The fourth-order valence-electron chi connectivity index (χ4n) is 1.94. The van der Waals surface area contributed by atoms with Crippen LogP contribution in [-0.4, -0.2) is 27.1 Å². The lowest BCUT2D eigenvalue weighted by Gasteiger charge is -2.33. The van der Waals surface area contributed by atoms with Gasteiger partial charge >= 0.3 is 5.97 Å². The number of carbonyl (C=O) groups is 1. The summed E-state index contributed by atoms with van der Waals surface area (Å²) in [4.78, 5) is 19.1. The first-order valence-electron chi connectivity index (χ1n) is 5.36. The normalized spacial score (nSPS) is 23.6. The van der Waals surface area contributed by atoms with Gasteiger partial charge in [-0.3, -0.25) is 4.79 Å². The molecule has 1 aliphatic carbocycles. The molecule has 2 N–H and O–H groups in total. The molecule has 86 valence electrons. The summed E-state index contributed by atoms with van der Waals surface area (Å²) in [5.41, 5.74) is 0.920. The van der Waals surface area contributed by atoms with E-state index in [-0.39, 0.29) is 12.0 Å². The molecule has 0 radical (unpaired) electrons. The third-order valence-electron chi connectivity index (χ3n) is 2.81. The van der Waals surface area contributed by atoms with Crippen LogP contribution < -0.4 is 5.32 Å². The van der Waals surface area contributed by atoms with Crippen molar-refractivity contribution in [3.05, 3.63) is 17.6 Å². The second-order valence-electron chi connectivity index (χ2n) is 4.29. The van der Waals surface area contributed by atoms with Crippen LogP contribution in [0.1, 0.15) is 24.4 Å². The maximum Gasteiger partial charge on any atom is 0.306 e. The van der Waals surface area contributed by atoms with Gasteiger partial charge in [-0.2, -0.15) is 0 Å². The standard InChI is InChI=1S/C11H15N3O2/c1-6-3-10(13-7(2)12-6)14-9-4-8(5-9)11(15)16/h3,8-9H,4-5H2,1-2H3,(H,15,16)(H,12,13,14). The fraction of sp³-hybridized carbons (Fsp3) is 0.545. The lowest BCUT2D eigenvalue weighted by molar-refractivity contribution is -0.144. The molecule has 1 aliphatic rings. The van der Waals surface area contributed by atoms with Crippen LogP contribution in [0.3, 0.4) is 0 Å². The maximum absolute atomic E-state index is 10.6. The molecule has 5 heteroatoms. The highest BCUT2D eigenvalue weighted by atomic mass is 16.4. The molecule has 0 saturated heterocycles. The van der Waals surface area contributed by atoms with Crippen LogP contribution in [0.4, 0.5) is 5.82 Å². The van der Waals surface area contributed by atoms with Crippen molar-refractivity contribution in [2.24, 2.45) is 5.92 Å². The van der Waals surface area contributed by atoms with Gasteiger partial charge in [-0.25, -0.2) is 9.97 Å². The minimum Gasteiger partial charge on any atom is -0.481 e. The van der Waals surface area contributed by atoms with Gasteiger partial charge in [-0.1, -0.05) is 0 Å². The van der Waals surface area contributed by atoms with E-state index in [0.717, 1.165) is 17.3 Å². The van der Waals surface area contributed by atoms with E-state index >= 15 is 0 Å². The summed E-state index contributed by atoms with van der Waals surface area (Å²) in [6, 6.07) is 2.11. The van der Waals surface area contributed by atoms with Crippen molar-refractivity contribution >= 4 is 11.8 Å². The number of rotatable bonds is 3. The third-order valence-corrected chi connectivity index (χ3v) is 2.81. The predicted molar refractivity (Wildman–Crippen MR) is 59.3 cm³/mol. The van der Waals surface area contributed by atoms with Crippen molar-refractivity contribution in [1.29, 1.82) is 0 Å². The highest BCUT2D eigenvalue weighted by molar-refractivity contribution is 5.71. The average Bonchev–Trinajstić information content (AvgIpc) is 2.08. The Morgan fingerprint density at radius 1 is 1.44 bits per heavy atom. The Morgan fingerprint density at radius 2 is 2.12 bits per heavy atom. The third kappa shape index (κ3) is 2.29. The van der Waals surface area contributed by atoms with Gasteiger partial charge in [0.05, 0.1) is 5.92 Å². The molecular formula is C11H15N3O2. The minimum atomic E-state index is -0.701. The van der Waals surface area contributed by atoms with Crippen molar-refractivity contribution in [2.75, 3.05) is 5.32 Å². The van der Waals surface area contributed by atoms with Crippen LogP contribution in [0.5, 0.6) is 0 Å². The van der Waals surface area contributed by atoms with Crippen molar-refractivity contribution in [2.45, 2.75) is 32.7 Å².